The summed E-state index contributed by atoms with van der Waals surface area (Å²) in [6, 6.07) is 7.54. The van der Waals surface area contributed by atoms with Crippen LogP contribution >= 0.6 is 0 Å². The van der Waals surface area contributed by atoms with Crippen LogP contribution in [0.2, 0.25) is 0 Å². The number of Topliss-reactive ketones (excluding diaryl/α,β-unsaturated/α-hetero) is 1. The Morgan fingerprint density at radius 3 is 2.85 bits per heavy atom. The molecule has 0 aliphatic carbocycles. The number of hydrogen-bond donors (Lipinski definition) is 0. The molecule has 1 aliphatic heterocycles. The molecule has 1 aliphatic rings. The number of carbonyl (C=O) groups excluding carboxylic acids is 1. The summed E-state index contributed by atoms with van der Waals surface area (Å²) in [5.74, 6) is -0.288. The lowest BCUT2D eigenvalue weighted by Gasteiger charge is -2.24. The molecule has 0 saturated carbocycles. The number of ether oxygens (including phenoxy) is 2. The molecule has 0 amide bonds. The second-order valence-corrected chi connectivity index (χ2v) is 5.34. The Kier molecular flexibility index (Phi) is 4.10. The van der Waals surface area contributed by atoms with Gasteiger partial charge in [0.1, 0.15) is 17.3 Å². The summed E-state index contributed by atoms with van der Waals surface area (Å²) >= 11 is 0. The van der Waals surface area contributed by atoms with Gasteiger partial charge in [-0.1, -0.05) is 12.1 Å². The molecule has 2 atom stereocenters. The summed E-state index contributed by atoms with van der Waals surface area (Å²) in [6.45, 7) is 4.28. The highest BCUT2D eigenvalue weighted by Gasteiger charge is 2.42. The van der Waals surface area contributed by atoms with E-state index in [2.05, 4.69) is 6.07 Å². The minimum absolute atomic E-state index is 0.164. The Bertz CT molecular complexity index is 553. The third kappa shape index (κ3) is 2.54. The summed E-state index contributed by atoms with van der Waals surface area (Å²) in [5.41, 5.74) is 0.804. The predicted octanol–water partition coefficient (Wildman–Crippen LogP) is 2.75. The fourth-order valence-corrected chi connectivity index (χ4v) is 2.58. The third-order valence-electron chi connectivity index (χ3n) is 3.90. The van der Waals surface area contributed by atoms with Crippen molar-refractivity contribution in [1.29, 1.82) is 5.26 Å². The molecular formula is C16H19NO3. The summed E-state index contributed by atoms with van der Waals surface area (Å²) in [4.78, 5) is 12.6. The maximum absolute atomic E-state index is 12.6. The van der Waals surface area contributed by atoms with Crippen molar-refractivity contribution < 1.29 is 14.3 Å². The van der Waals surface area contributed by atoms with Crippen molar-refractivity contribution in [3.63, 3.8) is 0 Å². The number of hydrogen-bond acceptors (Lipinski definition) is 4. The van der Waals surface area contributed by atoms with E-state index in [1.165, 1.54) is 0 Å². The SMILES string of the molecule is COc1cc(C(C#N)C(=O)C2(C)CCCO2)ccc1C. The second kappa shape index (κ2) is 5.64. The molecule has 0 N–H and O–H groups in total. The van der Waals surface area contributed by atoms with Gasteiger partial charge in [-0.05, 0) is 43.9 Å². The molecular weight excluding hydrogens is 254 g/mol. The van der Waals surface area contributed by atoms with Crippen LogP contribution in [0.3, 0.4) is 0 Å². The van der Waals surface area contributed by atoms with E-state index in [9.17, 15) is 10.1 Å². The van der Waals surface area contributed by atoms with Gasteiger partial charge in [0, 0.05) is 6.61 Å². The number of benzene rings is 1. The predicted molar refractivity (Wildman–Crippen MR) is 74.7 cm³/mol. The van der Waals surface area contributed by atoms with Gasteiger partial charge in [0.25, 0.3) is 0 Å². The van der Waals surface area contributed by atoms with E-state index in [0.717, 1.165) is 12.0 Å². The van der Waals surface area contributed by atoms with Crippen LogP contribution in [0.4, 0.5) is 0 Å². The second-order valence-electron chi connectivity index (χ2n) is 5.34. The first-order valence-electron chi connectivity index (χ1n) is 6.74. The minimum Gasteiger partial charge on any atom is -0.496 e. The van der Waals surface area contributed by atoms with Crippen molar-refractivity contribution in [2.24, 2.45) is 0 Å². The standard InChI is InChI=1S/C16H19NO3/c1-11-5-6-12(9-14(11)19-3)13(10-17)15(18)16(2)7-4-8-20-16/h5-6,9,13H,4,7-8H2,1-3H3. The van der Waals surface area contributed by atoms with E-state index in [-0.39, 0.29) is 5.78 Å². The molecule has 2 rings (SSSR count). The van der Waals surface area contributed by atoms with E-state index < -0.39 is 11.5 Å². The van der Waals surface area contributed by atoms with Crippen LogP contribution in [0.1, 0.15) is 36.8 Å². The molecule has 0 bridgehead atoms. The number of rotatable bonds is 4. The monoisotopic (exact) mass is 273 g/mol. The number of aryl methyl sites for hydroxylation is 1. The molecule has 2 unspecified atom stereocenters. The Hall–Kier alpha value is -1.86. The summed E-state index contributed by atoms with van der Waals surface area (Å²) in [7, 11) is 1.58. The smallest absolute Gasteiger partial charge is 0.185 e. The fourth-order valence-electron chi connectivity index (χ4n) is 2.58. The molecule has 4 nitrogen and oxygen atoms in total. The Morgan fingerprint density at radius 2 is 2.30 bits per heavy atom. The molecule has 1 heterocycles. The van der Waals surface area contributed by atoms with Gasteiger partial charge in [-0.2, -0.15) is 5.26 Å². The van der Waals surface area contributed by atoms with E-state index in [0.29, 0.717) is 24.3 Å². The van der Waals surface area contributed by atoms with Crippen molar-refractivity contribution in [3.8, 4) is 11.8 Å². The van der Waals surface area contributed by atoms with Gasteiger partial charge in [0.05, 0.1) is 13.2 Å². The number of nitrogens with zero attached hydrogens (tertiary/aromatic N) is 1. The maximum atomic E-state index is 12.6. The van der Waals surface area contributed by atoms with Crippen molar-refractivity contribution in [2.75, 3.05) is 13.7 Å². The molecule has 106 valence electrons. The zero-order valence-corrected chi connectivity index (χ0v) is 12.1. The van der Waals surface area contributed by atoms with E-state index in [1.54, 1.807) is 20.1 Å². The lowest BCUT2D eigenvalue weighted by molar-refractivity contribution is -0.137. The largest absolute Gasteiger partial charge is 0.496 e. The summed E-state index contributed by atoms with van der Waals surface area (Å²) in [6.07, 6.45) is 1.53. The fraction of sp³-hybridized carbons (Fsp3) is 0.500. The lowest BCUT2D eigenvalue weighted by atomic mass is 9.84. The number of ketones is 1. The molecule has 4 heteroatoms. The first-order valence-corrected chi connectivity index (χ1v) is 6.74. The van der Waals surface area contributed by atoms with Crippen LogP contribution < -0.4 is 4.74 Å². The average Bonchev–Trinajstić information content (AvgIpc) is 2.89. The van der Waals surface area contributed by atoms with E-state index in [4.69, 9.17) is 9.47 Å². The topological polar surface area (TPSA) is 59.3 Å². The van der Waals surface area contributed by atoms with Gasteiger partial charge < -0.3 is 9.47 Å². The van der Waals surface area contributed by atoms with Crippen LogP contribution in [0.25, 0.3) is 0 Å². The van der Waals surface area contributed by atoms with Gasteiger partial charge in [0.15, 0.2) is 5.78 Å². The zero-order valence-electron chi connectivity index (χ0n) is 12.1. The summed E-state index contributed by atoms with van der Waals surface area (Å²) < 4.78 is 10.8. The van der Waals surface area contributed by atoms with Gasteiger partial charge >= 0.3 is 0 Å². The van der Waals surface area contributed by atoms with E-state index >= 15 is 0 Å². The molecule has 1 aromatic carbocycles. The minimum atomic E-state index is -0.835. The van der Waals surface area contributed by atoms with Crippen molar-refractivity contribution in [1.82, 2.24) is 0 Å². The Labute approximate surface area is 119 Å². The third-order valence-corrected chi connectivity index (χ3v) is 3.90. The average molecular weight is 273 g/mol. The number of carbonyl (C=O) groups is 1. The zero-order chi connectivity index (χ0) is 14.8. The Balaban J connectivity index is 2.33. The highest BCUT2D eigenvalue weighted by Crippen LogP contribution is 2.33. The quantitative estimate of drug-likeness (QED) is 0.846. The molecule has 1 saturated heterocycles. The van der Waals surface area contributed by atoms with Gasteiger partial charge in [-0.25, -0.2) is 0 Å². The molecule has 0 radical (unpaired) electrons. The van der Waals surface area contributed by atoms with E-state index in [1.807, 2.05) is 19.1 Å². The maximum Gasteiger partial charge on any atom is 0.185 e. The van der Waals surface area contributed by atoms with Gasteiger partial charge in [-0.3, -0.25) is 4.79 Å². The van der Waals surface area contributed by atoms with Crippen molar-refractivity contribution in [2.45, 2.75) is 38.2 Å². The molecule has 0 spiro atoms. The summed E-state index contributed by atoms with van der Waals surface area (Å²) in [5, 5.41) is 9.39. The van der Waals surface area contributed by atoms with Crippen LogP contribution in [-0.2, 0) is 9.53 Å². The Morgan fingerprint density at radius 1 is 1.55 bits per heavy atom. The normalized spacial score (nSPS) is 23.1. The first-order chi connectivity index (χ1) is 9.51. The number of methoxy groups -OCH3 is 1. The van der Waals surface area contributed by atoms with Crippen molar-refractivity contribution in [3.05, 3.63) is 29.3 Å². The highest BCUT2D eigenvalue weighted by molar-refractivity contribution is 5.95. The molecule has 1 aromatic rings. The van der Waals surface area contributed by atoms with Gasteiger partial charge in [-0.15, -0.1) is 0 Å². The first kappa shape index (κ1) is 14.5. The molecule has 0 aromatic heterocycles. The number of nitriles is 1. The van der Waals surface area contributed by atoms with Crippen molar-refractivity contribution >= 4 is 5.78 Å². The van der Waals surface area contributed by atoms with Crippen LogP contribution in [0, 0.1) is 18.3 Å². The van der Waals surface area contributed by atoms with Gasteiger partial charge in [0.2, 0.25) is 0 Å². The van der Waals surface area contributed by atoms with Crippen LogP contribution in [-0.4, -0.2) is 25.1 Å². The van der Waals surface area contributed by atoms with Crippen LogP contribution in [0.15, 0.2) is 18.2 Å². The highest BCUT2D eigenvalue weighted by atomic mass is 16.5. The lowest BCUT2D eigenvalue weighted by Crippen LogP contribution is -2.38. The molecule has 1 fully saturated rings. The molecule has 20 heavy (non-hydrogen) atoms. The van der Waals surface area contributed by atoms with Crippen LogP contribution in [0.5, 0.6) is 5.75 Å².